The monoisotopic (exact) mass is 358 g/mol. The molecule has 1 heterocycles. The summed E-state index contributed by atoms with van der Waals surface area (Å²) in [4.78, 5) is 14.2. The van der Waals surface area contributed by atoms with Crippen molar-refractivity contribution in [1.82, 2.24) is 0 Å². The van der Waals surface area contributed by atoms with Crippen molar-refractivity contribution >= 4 is 11.4 Å². The Morgan fingerprint density at radius 1 is 1.08 bits per heavy atom. The van der Waals surface area contributed by atoms with E-state index in [0.29, 0.717) is 0 Å². The molecule has 1 N–H and O–H groups in total. The Labute approximate surface area is 152 Å². The number of nitro groups is 1. The van der Waals surface area contributed by atoms with Gasteiger partial charge in [-0.05, 0) is 24.3 Å². The van der Waals surface area contributed by atoms with Gasteiger partial charge in [-0.2, -0.15) is 0 Å². The third-order valence-corrected chi connectivity index (χ3v) is 4.82. The molecule has 0 spiro atoms. The standard InChI is InChI=1S/C19H23N3O4/c1-25-18-5-3-4-15(19(18)26-2)14-20-10-12-21(13-11-20)16-6-8-17(9-7-16)22(23)24/h3-9H,10-14H2,1-2H3/p+1. The lowest BCUT2D eigenvalue weighted by Gasteiger charge is -2.33. The molecule has 0 aromatic heterocycles. The van der Waals surface area contributed by atoms with Gasteiger partial charge in [0.05, 0.1) is 50.9 Å². The predicted molar refractivity (Wildman–Crippen MR) is 99.3 cm³/mol. The molecule has 26 heavy (non-hydrogen) atoms. The Morgan fingerprint density at radius 2 is 1.77 bits per heavy atom. The van der Waals surface area contributed by atoms with Crippen molar-refractivity contribution in [3.8, 4) is 11.5 Å². The highest BCUT2D eigenvalue weighted by molar-refractivity contribution is 5.51. The summed E-state index contributed by atoms with van der Waals surface area (Å²) in [6.07, 6.45) is 0. The molecule has 1 aliphatic heterocycles. The normalized spacial score (nSPS) is 14.9. The molecule has 0 amide bonds. The molecule has 0 atom stereocenters. The number of benzene rings is 2. The third-order valence-electron chi connectivity index (χ3n) is 4.82. The molecule has 1 saturated heterocycles. The Bertz CT molecular complexity index is 756. The zero-order valence-electron chi connectivity index (χ0n) is 15.1. The van der Waals surface area contributed by atoms with E-state index in [4.69, 9.17) is 9.47 Å². The summed E-state index contributed by atoms with van der Waals surface area (Å²) in [6.45, 7) is 4.71. The van der Waals surface area contributed by atoms with Gasteiger partial charge in [-0.1, -0.05) is 6.07 Å². The zero-order chi connectivity index (χ0) is 18.5. The second-order valence-corrected chi connectivity index (χ2v) is 6.34. The summed E-state index contributed by atoms with van der Waals surface area (Å²) in [7, 11) is 3.32. The summed E-state index contributed by atoms with van der Waals surface area (Å²) in [5.74, 6) is 1.56. The Hall–Kier alpha value is -2.80. The van der Waals surface area contributed by atoms with Gasteiger partial charge in [0.25, 0.3) is 5.69 Å². The molecule has 0 unspecified atom stereocenters. The van der Waals surface area contributed by atoms with Crippen LogP contribution < -0.4 is 19.3 Å². The number of para-hydroxylation sites is 1. The van der Waals surface area contributed by atoms with E-state index in [1.165, 1.54) is 4.90 Å². The number of hydrogen-bond acceptors (Lipinski definition) is 5. The topological polar surface area (TPSA) is 69.3 Å². The maximum atomic E-state index is 10.8. The van der Waals surface area contributed by atoms with E-state index in [1.54, 1.807) is 26.4 Å². The number of ether oxygens (including phenoxy) is 2. The average molecular weight is 358 g/mol. The SMILES string of the molecule is COc1cccc(C[NH+]2CCN(c3ccc([N+](=O)[O-])cc3)CC2)c1OC. The van der Waals surface area contributed by atoms with Crippen molar-refractivity contribution in [2.24, 2.45) is 0 Å². The van der Waals surface area contributed by atoms with Crippen LogP contribution in [0.4, 0.5) is 11.4 Å². The smallest absolute Gasteiger partial charge is 0.269 e. The van der Waals surface area contributed by atoms with E-state index >= 15 is 0 Å². The molecule has 1 aliphatic rings. The minimum atomic E-state index is -0.368. The van der Waals surface area contributed by atoms with Crippen LogP contribution in [0.25, 0.3) is 0 Å². The number of rotatable bonds is 6. The Kier molecular flexibility index (Phi) is 5.58. The molecule has 7 heteroatoms. The summed E-state index contributed by atoms with van der Waals surface area (Å²) >= 11 is 0. The second kappa shape index (κ2) is 8.05. The fraction of sp³-hybridized carbons (Fsp3) is 0.368. The quantitative estimate of drug-likeness (QED) is 0.626. The summed E-state index contributed by atoms with van der Waals surface area (Å²) in [6, 6.07) is 12.8. The second-order valence-electron chi connectivity index (χ2n) is 6.34. The van der Waals surface area contributed by atoms with E-state index in [9.17, 15) is 10.1 Å². The molecule has 2 aromatic rings. The first-order chi connectivity index (χ1) is 12.6. The molecule has 0 radical (unpaired) electrons. The van der Waals surface area contributed by atoms with Crippen LogP contribution in [0.5, 0.6) is 11.5 Å². The van der Waals surface area contributed by atoms with E-state index in [2.05, 4.69) is 11.0 Å². The van der Waals surface area contributed by atoms with Crippen LogP contribution in [-0.2, 0) is 6.54 Å². The lowest BCUT2D eigenvalue weighted by molar-refractivity contribution is -0.914. The highest BCUT2D eigenvalue weighted by atomic mass is 16.6. The number of hydrogen-bond donors (Lipinski definition) is 1. The molecule has 0 saturated carbocycles. The first-order valence-corrected chi connectivity index (χ1v) is 8.65. The van der Waals surface area contributed by atoms with E-state index in [0.717, 1.165) is 55.5 Å². The number of piperazine rings is 1. The van der Waals surface area contributed by atoms with Gasteiger partial charge in [-0.3, -0.25) is 10.1 Å². The number of non-ortho nitro benzene ring substituents is 1. The minimum Gasteiger partial charge on any atom is -0.493 e. The van der Waals surface area contributed by atoms with Crippen molar-refractivity contribution in [2.45, 2.75) is 6.54 Å². The summed E-state index contributed by atoms with van der Waals surface area (Å²) in [5.41, 5.74) is 2.31. The zero-order valence-corrected chi connectivity index (χ0v) is 15.1. The third kappa shape index (κ3) is 3.88. The fourth-order valence-electron chi connectivity index (χ4n) is 3.41. The average Bonchev–Trinajstić information content (AvgIpc) is 2.68. The molecule has 0 bridgehead atoms. The first kappa shape index (κ1) is 18.0. The van der Waals surface area contributed by atoms with Gasteiger partial charge < -0.3 is 19.3 Å². The lowest BCUT2D eigenvalue weighted by atomic mass is 10.1. The van der Waals surface area contributed by atoms with Gasteiger partial charge in [0.2, 0.25) is 0 Å². The number of quaternary nitrogens is 1. The Balaban J connectivity index is 1.61. The van der Waals surface area contributed by atoms with Gasteiger partial charge in [-0.25, -0.2) is 0 Å². The van der Waals surface area contributed by atoms with Crippen LogP contribution in [0.2, 0.25) is 0 Å². The van der Waals surface area contributed by atoms with E-state index in [-0.39, 0.29) is 10.6 Å². The van der Waals surface area contributed by atoms with Crippen molar-refractivity contribution in [2.75, 3.05) is 45.3 Å². The van der Waals surface area contributed by atoms with Crippen LogP contribution in [0.1, 0.15) is 5.56 Å². The first-order valence-electron chi connectivity index (χ1n) is 8.65. The number of nitro benzene ring substituents is 1. The molecule has 138 valence electrons. The Morgan fingerprint density at radius 3 is 2.35 bits per heavy atom. The summed E-state index contributed by atoms with van der Waals surface area (Å²) < 4.78 is 10.9. The molecular formula is C19H24N3O4+. The van der Waals surface area contributed by atoms with Crippen LogP contribution >= 0.6 is 0 Å². The largest absolute Gasteiger partial charge is 0.493 e. The lowest BCUT2D eigenvalue weighted by Crippen LogP contribution is -3.13. The van der Waals surface area contributed by atoms with E-state index in [1.807, 2.05) is 24.3 Å². The van der Waals surface area contributed by atoms with Gasteiger partial charge in [0.1, 0.15) is 6.54 Å². The molecule has 3 rings (SSSR count). The van der Waals surface area contributed by atoms with Gasteiger partial charge in [-0.15, -0.1) is 0 Å². The molecule has 1 fully saturated rings. The number of nitrogens with one attached hydrogen (secondary N) is 1. The van der Waals surface area contributed by atoms with Crippen molar-refractivity contribution in [3.05, 3.63) is 58.1 Å². The summed E-state index contributed by atoms with van der Waals surface area (Å²) in [5, 5.41) is 10.8. The van der Waals surface area contributed by atoms with E-state index < -0.39 is 0 Å². The van der Waals surface area contributed by atoms with Gasteiger partial charge in [0.15, 0.2) is 11.5 Å². The number of methoxy groups -OCH3 is 2. The van der Waals surface area contributed by atoms with Crippen LogP contribution in [0.15, 0.2) is 42.5 Å². The van der Waals surface area contributed by atoms with Gasteiger partial charge >= 0.3 is 0 Å². The van der Waals surface area contributed by atoms with Crippen LogP contribution in [0.3, 0.4) is 0 Å². The molecule has 2 aromatic carbocycles. The highest BCUT2D eigenvalue weighted by Crippen LogP contribution is 2.30. The van der Waals surface area contributed by atoms with Crippen molar-refractivity contribution in [3.63, 3.8) is 0 Å². The molecular weight excluding hydrogens is 334 g/mol. The van der Waals surface area contributed by atoms with Crippen molar-refractivity contribution < 1.29 is 19.3 Å². The van der Waals surface area contributed by atoms with Crippen molar-refractivity contribution in [1.29, 1.82) is 0 Å². The maximum Gasteiger partial charge on any atom is 0.269 e. The molecule has 0 aliphatic carbocycles. The number of nitrogens with zero attached hydrogens (tertiary/aromatic N) is 2. The molecule has 7 nitrogen and oxygen atoms in total. The maximum absolute atomic E-state index is 10.8. The van der Waals surface area contributed by atoms with Crippen LogP contribution in [0, 0.1) is 10.1 Å². The fourth-order valence-corrected chi connectivity index (χ4v) is 3.41. The minimum absolute atomic E-state index is 0.128. The van der Waals surface area contributed by atoms with Crippen LogP contribution in [-0.4, -0.2) is 45.3 Å². The number of anilines is 1. The van der Waals surface area contributed by atoms with Gasteiger partial charge in [0, 0.05) is 17.8 Å². The highest BCUT2D eigenvalue weighted by Gasteiger charge is 2.22. The predicted octanol–water partition coefficient (Wildman–Crippen LogP) is 1.52.